The highest BCUT2D eigenvalue weighted by Crippen LogP contribution is 2.19. The minimum atomic E-state index is 0. The van der Waals surface area contributed by atoms with Crippen molar-refractivity contribution in [2.75, 3.05) is 63.9 Å². The molecule has 2 aliphatic heterocycles. The summed E-state index contributed by atoms with van der Waals surface area (Å²) in [6, 6.07) is 15.0. The second kappa shape index (κ2) is 12.9. The van der Waals surface area contributed by atoms with Crippen molar-refractivity contribution < 1.29 is 9.15 Å². The van der Waals surface area contributed by atoms with E-state index in [9.17, 15) is 0 Å². The molecule has 2 aliphatic rings. The zero-order chi connectivity index (χ0) is 20.4. The Hall–Kier alpha value is -1.78. The number of para-hydroxylation sites is 1. The highest BCUT2D eigenvalue weighted by Gasteiger charge is 2.23. The van der Waals surface area contributed by atoms with Crippen LogP contribution in [0.25, 0.3) is 0 Å². The second-order valence-corrected chi connectivity index (χ2v) is 7.85. The van der Waals surface area contributed by atoms with Crippen molar-refractivity contribution in [2.24, 2.45) is 4.99 Å². The third-order valence-corrected chi connectivity index (χ3v) is 5.68. The van der Waals surface area contributed by atoms with Crippen molar-refractivity contribution in [3.63, 3.8) is 0 Å². The summed E-state index contributed by atoms with van der Waals surface area (Å²) in [6.07, 6.45) is 3.68. The van der Waals surface area contributed by atoms with Crippen LogP contribution >= 0.6 is 24.0 Å². The molecule has 8 heteroatoms. The van der Waals surface area contributed by atoms with Crippen molar-refractivity contribution in [3.05, 3.63) is 54.5 Å². The van der Waals surface area contributed by atoms with E-state index >= 15 is 0 Å². The lowest BCUT2D eigenvalue weighted by molar-refractivity contribution is 0.0394. The fourth-order valence-electron chi connectivity index (χ4n) is 3.98. The largest absolute Gasteiger partial charge is 0.469 e. The van der Waals surface area contributed by atoms with Gasteiger partial charge in [0.05, 0.1) is 26.0 Å². The molecule has 2 aromatic rings. The highest BCUT2D eigenvalue weighted by molar-refractivity contribution is 14.0. The molecule has 0 radical (unpaired) electrons. The Morgan fingerprint density at radius 3 is 2.68 bits per heavy atom. The monoisotopic (exact) mass is 539 g/mol. The molecule has 1 aromatic carbocycles. The van der Waals surface area contributed by atoms with Gasteiger partial charge in [-0.05, 0) is 30.7 Å². The van der Waals surface area contributed by atoms with E-state index in [0.717, 1.165) is 83.6 Å². The maximum atomic E-state index is 5.45. The first-order chi connectivity index (χ1) is 14.9. The molecule has 0 saturated carbocycles. The number of furan rings is 1. The number of ether oxygens (including phenoxy) is 1. The van der Waals surface area contributed by atoms with Gasteiger partial charge in [-0.2, -0.15) is 0 Å². The molecular formula is C23H34IN5O2. The van der Waals surface area contributed by atoms with Gasteiger partial charge in [0.25, 0.3) is 0 Å². The van der Waals surface area contributed by atoms with E-state index in [-0.39, 0.29) is 24.0 Å². The Labute approximate surface area is 202 Å². The van der Waals surface area contributed by atoms with Crippen molar-refractivity contribution in [1.29, 1.82) is 0 Å². The Kier molecular flexibility index (Phi) is 9.95. The van der Waals surface area contributed by atoms with Crippen molar-refractivity contribution >= 4 is 35.6 Å². The number of aliphatic imine (C=N–C) groups is 1. The van der Waals surface area contributed by atoms with Gasteiger partial charge in [-0.25, -0.2) is 0 Å². The summed E-state index contributed by atoms with van der Waals surface area (Å²) >= 11 is 0. The Balaban J connectivity index is 0.00000272. The Bertz CT molecular complexity index is 766. The molecule has 1 aromatic heterocycles. The standard InChI is InChI=1S/C23H33N5O2.HI/c1-2-5-21(6-3-1)28-12-9-20(19-28)26-23(24-10-8-22-7-4-16-30-22)25-11-13-27-14-17-29-18-15-27;/h1-7,16,20H,8-15,17-19H2,(H2,24,25,26);1H. The van der Waals surface area contributed by atoms with Gasteiger partial charge in [0.1, 0.15) is 5.76 Å². The van der Waals surface area contributed by atoms with Gasteiger partial charge in [-0.3, -0.25) is 9.89 Å². The predicted molar refractivity (Wildman–Crippen MR) is 136 cm³/mol. The van der Waals surface area contributed by atoms with Gasteiger partial charge in [-0.15, -0.1) is 24.0 Å². The number of nitrogens with one attached hydrogen (secondary N) is 2. The number of morpholine rings is 1. The van der Waals surface area contributed by atoms with Crippen LogP contribution in [0.1, 0.15) is 12.2 Å². The fourth-order valence-corrected chi connectivity index (χ4v) is 3.98. The molecular weight excluding hydrogens is 505 g/mol. The number of halogens is 1. The van der Waals surface area contributed by atoms with E-state index < -0.39 is 0 Å². The third kappa shape index (κ3) is 7.69. The smallest absolute Gasteiger partial charge is 0.191 e. The van der Waals surface area contributed by atoms with Crippen LogP contribution in [0.4, 0.5) is 5.69 Å². The number of hydrogen-bond acceptors (Lipinski definition) is 5. The zero-order valence-corrected chi connectivity index (χ0v) is 20.4. The van der Waals surface area contributed by atoms with Gasteiger partial charge < -0.3 is 24.7 Å². The number of nitrogens with zero attached hydrogens (tertiary/aromatic N) is 3. The lowest BCUT2D eigenvalue weighted by atomic mass is 10.2. The van der Waals surface area contributed by atoms with Crippen LogP contribution in [-0.4, -0.2) is 75.9 Å². The summed E-state index contributed by atoms with van der Waals surface area (Å²) in [6.45, 7) is 8.26. The first-order valence-corrected chi connectivity index (χ1v) is 11.0. The normalized spacial score (nSPS) is 19.8. The summed E-state index contributed by atoms with van der Waals surface area (Å²) in [5, 5.41) is 7.15. The minimum Gasteiger partial charge on any atom is -0.469 e. The quantitative estimate of drug-likeness (QED) is 0.306. The van der Waals surface area contributed by atoms with E-state index in [4.69, 9.17) is 14.1 Å². The Morgan fingerprint density at radius 2 is 1.90 bits per heavy atom. The van der Waals surface area contributed by atoms with Crippen LogP contribution in [0, 0.1) is 0 Å². The molecule has 170 valence electrons. The van der Waals surface area contributed by atoms with E-state index in [1.165, 1.54) is 5.69 Å². The first-order valence-electron chi connectivity index (χ1n) is 11.0. The van der Waals surface area contributed by atoms with E-state index in [0.29, 0.717) is 6.04 Å². The van der Waals surface area contributed by atoms with Gasteiger partial charge in [-0.1, -0.05) is 18.2 Å². The first kappa shape index (κ1) is 23.9. The van der Waals surface area contributed by atoms with Crippen LogP contribution < -0.4 is 15.5 Å². The molecule has 2 saturated heterocycles. The molecule has 1 unspecified atom stereocenters. The predicted octanol–water partition coefficient (Wildman–Crippen LogP) is 2.59. The molecule has 0 aliphatic carbocycles. The van der Waals surface area contributed by atoms with Gasteiger partial charge in [0.2, 0.25) is 0 Å². The SMILES string of the molecule is I.c1ccc(N2CCC(NC(=NCCN3CCOCC3)NCCc3ccco3)C2)cc1. The van der Waals surface area contributed by atoms with Crippen LogP contribution in [-0.2, 0) is 11.2 Å². The van der Waals surface area contributed by atoms with Gasteiger partial charge >= 0.3 is 0 Å². The lowest BCUT2D eigenvalue weighted by Gasteiger charge is -2.26. The van der Waals surface area contributed by atoms with Crippen molar-refractivity contribution in [2.45, 2.75) is 18.9 Å². The number of anilines is 1. The zero-order valence-electron chi connectivity index (χ0n) is 18.0. The number of benzene rings is 1. The van der Waals surface area contributed by atoms with Crippen molar-refractivity contribution in [1.82, 2.24) is 15.5 Å². The molecule has 7 nitrogen and oxygen atoms in total. The van der Waals surface area contributed by atoms with E-state index in [2.05, 4.69) is 50.8 Å². The molecule has 2 fully saturated rings. The van der Waals surface area contributed by atoms with Crippen LogP contribution in [0.2, 0.25) is 0 Å². The van der Waals surface area contributed by atoms with E-state index in [1.54, 1.807) is 6.26 Å². The van der Waals surface area contributed by atoms with Crippen molar-refractivity contribution in [3.8, 4) is 0 Å². The topological polar surface area (TPSA) is 65.3 Å². The van der Waals surface area contributed by atoms with Crippen LogP contribution in [0.3, 0.4) is 0 Å². The van der Waals surface area contributed by atoms with Crippen LogP contribution in [0.15, 0.2) is 58.1 Å². The molecule has 0 bridgehead atoms. The molecule has 31 heavy (non-hydrogen) atoms. The molecule has 0 spiro atoms. The minimum absolute atomic E-state index is 0. The van der Waals surface area contributed by atoms with E-state index in [1.807, 2.05) is 12.1 Å². The van der Waals surface area contributed by atoms with Gasteiger partial charge in [0, 0.05) is 57.4 Å². The maximum Gasteiger partial charge on any atom is 0.191 e. The summed E-state index contributed by atoms with van der Waals surface area (Å²) in [5.41, 5.74) is 1.29. The molecule has 4 rings (SSSR count). The average molecular weight is 539 g/mol. The maximum absolute atomic E-state index is 5.45. The molecule has 0 amide bonds. The molecule has 3 heterocycles. The highest BCUT2D eigenvalue weighted by atomic mass is 127. The number of hydrogen-bond donors (Lipinski definition) is 2. The summed E-state index contributed by atoms with van der Waals surface area (Å²) in [5.74, 6) is 1.89. The third-order valence-electron chi connectivity index (χ3n) is 5.68. The summed E-state index contributed by atoms with van der Waals surface area (Å²) in [4.78, 5) is 9.71. The molecule has 2 N–H and O–H groups in total. The summed E-state index contributed by atoms with van der Waals surface area (Å²) in [7, 11) is 0. The molecule has 1 atom stereocenters. The van der Waals surface area contributed by atoms with Crippen LogP contribution in [0.5, 0.6) is 0 Å². The number of guanidine groups is 1. The number of rotatable bonds is 8. The van der Waals surface area contributed by atoms with Gasteiger partial charge in [0.15, 0.2) is 5.96 Å². The second-order valence-electron chi connectivity index (χ2n) is 7.85. The summed E-state index contributed by atoms with van der Waals surface area (Å²) < 4.78 is 10.9. The Morgan fingerprint density at radius 1 is 1.06 bits per heavy atom. The average Bonchev–Trinajstić information content (AvgIpc) is 3.47. The fraction of sp³-hybridized carbons (Fsp3) is 0.522. The lowest BCUT2D eigenvalue weighted by Crippen LogP contribution is -2.46.